The summed E-state index contributed by atoms with van der Waals surface area (Å²) in [5.41, 5.74) is 1.39. The Balaban J connectivity index is 1.43. The molecule has 8 nitrogen and oxygen atoms in total. The third kappa shape index (κ3) is 3.44. The van der Waals surface area contributed by atoms with Crippen molar-refractivity contribution in [3.63, 3.8) is 0 Å². The molecule has 4 heterocycles. The number of halogens is 1. The first kappa shape index (κ1) is 17.3. The average molecular weight is 368 g/mol. The van der Waals surface area contributed by atoms with Crippen LogP contribution in [-0.2, 0) is 6.42 Å². The lowest BCUT2D eigenvalue weighted by Crippen LogP contribution is -2.47. The van der Waals surface area contributed by atoms with Gasteiger partial charge >= 0.3 is 0 Å². The van der Waals surface area contributed by atoms with Crippen molar-refractivity contribution in [1.82, 2.24) is 29.9 Å². The fourth-order valence-electron chi connectivity index (χ4n) is 3.16. The van der Waals surface area contributed by atoms with Gasteiger partial charge in [-0.25, -0.2) is 19.0 Å². The van der Waals surface area contributed by atoms with Gasteiger partial charge in [-0.15, -0.1) is 10.2 Å². The summed E-state index contributed by atoms with van der Waals surface area (Å²) in [6.45, 7) is 6.60. The van der Waals surface area contributed by atoms with Crippen LogP contribution in [0.1, 0.15) is 18.3 Å². The molecule has 9 heteroatoms. The number of hydrogen-bond donors (Lipinski definition) is 0. The van der Waals surface area contributed by atoms with Crippen molar-refractivity contribution in [3.8, 4) is 5.82 Å². The molecule has 3 aromatic heterocycles. The molecule has 1 fully saturated rings. The molecule has 1 aliphatic rings. The van der Waals surface area contributed by atoms with Crippen molar-refractivity contribution in [1.29, 1.82) is 0 Å². The summed E-state index contributed by atoms with van der Waals surface area (Å²) in [4.78, 5) is 12.2. The van der Waals surface area contributed by atoms with E-state index in [1.165, 1.54) is 6.33 Å². The summed E-state index contributed by atoms with van der Waals surface area (Å²) in [6, 6.07) is 5.76. The normalized spacial score (nSPS) is 14.6. The van der Waals surface area contributed by atoms with Crippen molar-refractivity contribution in [2.45, 2.75) is 20.3 Å². The lowest BCUT2D eigenvalue weighted by Gasteiger charge is -2.35. The molecule has 27 heavy (non-hydrogen) atoms. The average Bonchev–Trinajstić information content (AvgIpc) is 3.15. The predicted octanol–water partition coefficient (Wildman–Crippen LogP) is 1.79. The minimum Gasteiger partial charge on any atom is -0.352 e. The number of rotatable bonds is 4. The number of piperazine rings is 1. The van der Waals surface area contributed by atoms with Crippen LogP contribution < -0.4 is 9.80 Å². The van der Waals surface area contributed by atoms with Crippen LogP contribution in [0.5, 0.6) is 0 Å². The van der Waals surface area contributed by atoms with E-state index in [0.29, 0.717) is 36.8 Å². The van der Waals surface area contributed by atoms with Crippen molar-refractivity contribution in [2.24, 2.45) is 0 Å². The zero-order chi connectivity index (χ0) is 18.8. The van der Waals surface area contributed by atoms with Crippen LogP contribution in [0.4, 0.5) is 16.0 Å². The molecule has 0 amide bonds. The third-order valence-electron chi connectivity index (χ3n) is 4.67. The number of aromatic nitrogens is 6. The Bertz CT molecular complexity index is 915. The van der Waals surface area contributed by atoms with Gasteiger partial charge in [0.2, 0.25) is 0 Å². The first-order chi connectivity index (χ1) is 13.2. The topological polar surface area (TPSA) is 75.9 Å². The van der Waals surface area contributed by atoms with Crippen molar-refractivity contribution < 1.29 is 4.39 Å². The minimum atomic E-state index is -0.313. The Kier molecular flexibility index (Phi) is 4.66. The SMILES string of the molecule is CCc1ncnc(N2CCN(c3ccc(-n4ccc(C)n4)nn3)CC2)c1F. The van der Waals surface area contributed by atoms with Crippen LogP contribution in [0.3, 0.4) is 0 Å². The Morgan fingerprint density at radius 3 is 2.30 bits per heavy atom. The van der Waals surface area contributed by atoms with Gasteiger partial charge in [0, 0.05) is 32.4 Å². The lowest BCUT2D eigenvalue weighted by atomic mass is 10.2. The number of nitrogens with zero attached hydrogens (tertiary/aromatic N) is 8. The molecule has 0 unspecified atom stereocenters. The van der Waals surface area contributed by atoms with Crippen LogP contribution in [0.2, 0.25) is 0 Å². The van der Waals surface area contributed by atoms with Gasteiger partial charge in [0.25, 0.3) is 0 Å². The molecule has 0 aromatic carbocycles. The van der Waals surface area contributed by atoms with Gasteiger partial charge in [0.1, 0.15) is 6.33 Å². The summed E-state index contributed by atoms with van der Waals surface area (Å²) in [7, 11) is 0. The highest BCUT2D eigenvalue weighted by atomic mass is 19.1. The van der Waals surface area contributed by atoms with Crippen molar-refractivity contribution in [3.05, 3.63) is 47.9 Å². The van der Waals surface area contributed by atoms with E-state index >= 15 is 0 Å². The Morgan fingerprint density at radius 2 is 1.67 bits per heavy atom. The maximum absolute atomic E-state index is 14.5. The maximum atomic E-state index is 14.5. The minimum absolute atomic E-state index is 0.313. The van der Waals surface area contributed by atoms with Gasteiger partial charge in [-0.05, 0) is 31.5 Å². The van der Waals surface area contributed by atoms with Crippen LogP contribution in [0, 0.1) is 12.7 Å². The fraction of sp³-hybridized carbons (Fsp3) is 0.389. The van der Waals surface area contributed by atoms with Gasteiger partial charge in [-0.2, -0.15) is 5.10 Å². The summed E-state index contributed by atoms with van der Waals surface area (Å²) in [5, 5.41) is 12.9. The molecular formula is C18H21FN8. The van der Waals surface area contributed by atoms with Crippen LogP contribution in [-0.4, -0.2) is 56.1 Å². The van der Waals surface area contributed by atoms with E-state index in [1.54, 1.807) is 4.68 Å². The Labute approximate surface area is 156 Å². The van der Waals surface area contributed by atoms with Crippen LogP contribution >= 0.6 is 0 Å². The second-order valence-electron chi connectivity index (χ2n) is 6.44. The Hall–Kier alpha value is -3.10. The lowest BCUT2D eigenvalue weighted by molar-refractivity contribution is 0.567. The second-order valence-corrected chi connectivity index (χ2v) is 6.44. The van der Waals surface area contributed by atoms with Gasteiger partial charge in [0.05, 0.1) is 11.4 Å². The standard InChI is InChI=1S/C18H21FN8/c1-3-14-17(19)18(21-12-20-14)26-10-8-25(9-11-26)15-4-5-16(23-22-15)27-7-6-13(2)24-27/h4-7,12H,3,8-11H2,1-2H3. The second kappa shape index (κ2) is 7.26. The molecule has 0 atom stereocenters. The highest BCUT2D eigenvalue weighted by molar-refractivity contribution is 5.46. The largest absolute Gasteiger partial charge is 0.352 e. The molecule has 0 bridgehead atoms. The Morgan fingerprint density at radius 1 is 0.963 bits per heavy atom. The fourth-order valence-corrected chi connectivity index (χ4v) is 3.16. The highest BCUT2D eigenvalue weighted by Gasteiger charge is 2.23. The summed E-state index contributed by atoms with van der Waals surface area (Å²) >= 11 is 0. The summed E-state index contributed by atoms with van der Waals surface area (Å²) in [5.74, 6) is 1.56. The van der Waals surface area contributed by atoms with E-state index < -0.39 is 0 Å². The molecule has 0 aliphatic carbocycles. The van der Waals surface area contributed by atoms with Crippen molar-refractivity contribution >= 4 is 11.6 Å². The first-order valence-corrected chi connectivity index (χ1v) is 9.01. The molecule has 1 aliphatic heterocycles. The molecular weight excluding hydrogens is 347 g/mol. The molecule has 3 aromatic rings. The van der Waals surface area contributed by atoms with Crippen LogP contribution in [0.25, 0.3) is 5.82 Å². The van der Waals surface area contributed by atoms with Gasteiger partial charge in [-0.1, -0.05) is 6.92 Å². The molecule has 1 saturated heterocycles. The third-order valence-corrected chi connectivity index (χ3v) is 4.67. The predicted molar refractivity (Wildman–Crippen MR) is 99.7 cm³/mol. The van der Waals surface area contributed by atoms with E-state index in [4.69, 9.17) is 0 Å². The first-order valence-electron chi connectivity index (χ1n) is 9.01. The summed E-state index contributed by atoms with van der Waals surface area (Å²) in [6.07, 6.45) is 3.85. The van der Waals surface area contributed by atoms with Gasteiger partial charge in [0.15, 0.2) is 23.3 Å². The molecule has 0 saturated carbocycles. The number of hydrogen-bond acceptors (Lipinski definition) is 7. The smallest absolute Gasteiger partial charge is 0.187 e. The quantitative estimate of drug-likeness (QED) is 0.695. The zero-order valence-corrected chi connectivity index (χ0v) is 15.4. The maximum Gasteiger partial charge on any atom is 0.187 e. The zero-order valence-electron chi connectivity index (χ0n) is 15.4. The van der Waals surface area contributed by atoms with Gasteiger partial charge in [-0.3, -0.25) is 0 Å². The van der Waals surface area contributed by atoms with Gasteiger partial charge < -0.3 is 9.80 Å². The van der Waals surface area contributed by atoms with E-state index in [0.717, 1.165) is 24.6 Å². The molecule has 140 valence electrons. The molecule has 0 radical (unpaired) electrons. The van der Waals surface area contributed by atoms with E-state index in [9.17, 15) is 4.39 Å². The number of anilines is 2. The molecule has 0 spiro atoms. The van der Waals surface area contributed by atoms with E-state index in [1.807, 2.05) is 43.1 Å². The molecule has 0 N–H and O–H groups in total. The monoisotopic (exact) mass is 368 g/mol. The van der Waals surface area contributed by atoms with Crippen molar-refractivity contribution in [2.75, 3.05) is 36.0 Å². The summed E-state index contributed by atoms with van der Waals surface area (Å²) < 4.78 is 16.2. The van der Waals surface area contributed by atoms with E-state index in [-0.39, 0.29) is 5.82 Å². The number of aryl methyl sites for hydroxylation is 2. The highest BCUT2D eigenvalue weighted by Crippen LogP contribution is 2.21. The van der Waals surface area contributed by atoms with E-state index in [2.05, 4.69) is 30.2 Å². The van der Waals surface area contributed by atoms with Crippen LogP contribution in [0.15, 0.2) is 30.7 Å². The molecule has 4 rings (SSSR count).